The summed E-state index contributed by atoms with van der Waals surface area (Å²) in [5, 5.41) is 1.10. The minimum Gasteiger partial charge on any atom is -0.251 e. The van der Waals surface area contributed by atoms with Crippen LogP contribution in [0.4, 0.5) is 0 Å². The number of pyridine rings is 1. The zero-order valence-electron chi connectivity index (χ0n) is 8.53. The number of hydrogen-bond acceptors (Lipinski definition) is 3. The Kier molecular flexibility index (Phi) is 2.33. The summed E-state index contributed by atoms with van der Waals surface area (Å²) in [6.45, 7) is 6.11. The Bertz CT molecular complexity index is 460. The number of thiazole rings is 1. The van der Waals surface area contributed by atoms with Crippen LogP contribution in [0, 0.1) is 20.8 Å². The van der Waals surface area contributed by atoms with E-state index in [0.29, 0.717) is 0 Å². The zero-order valence-corrected chi connectivity index (χ0v) is 9.35. The molecule has 0 radical (unpaired) electrons. The first kappa shape index (κ1) is 9.34. The number of aryl methyl sites for hydroxylation is 3. The van der Waals surface area contributed by atoms with Gasteiger partial charge in [0.25, 0.3) is 0 Å². The third-order valence-corrected chi connectivity index (χ3v) is 2.92. The Balaban J connectivity index is 2.54. The molecule has 14 heavy (non-hydrogen) atoms. The van der Waals surface area contributed by atoms with Crippen molar-refractivity contribution in [2.45, 2.75) is 20.8 Å². The predicted molar refractivity (Wildman–Crippen MR) is 59.6 cm³/mol. The fourth-order valence-corrected chi connectivity index (χ4v) is 2.27. The van der Waals surface area contributed by atoms with Gasteiger partial charge >= 0.3 is 0 Å². The molecule has 0 amide bonds. The van der Waals surface area contributed by atoms with Gasteiger partial charge < -0.3 is 0 Å². The Morgan fingerprint density at radius 1 is 1.07 bits per heavy atom. The molecular weight excluding hydrogens is 192 g/mol. The predicted octanol–water partition coefficient (Wildman–Crippen LogP) is 3.13. The molecule has 0 saturated carbocycles. The van der Waals surface area contributed by atoms with Crippen molar-refractivity contribution >= 4 is 11.3 Å². The molecular formula is C11H12N2S. The zero-order chi connectivity index (χ0) is 10.1. The average Bonchev–Trinajstić information content (AvgIpc) is 2.45. The minimum absolute atomic E-state index is 0.979. The Morgan fingerprint density at radius 2 is 1.86 bits per heavy atom. The number of rotatable bonds is 1. The van der Waals surface area contributed by atoms with Crippen molar-refractivity contribution in [3.8, 4) is 11.4 Å². The summed E-state index contributed by atoms with van der Waals surface area (Å²) in [4.78, 5) is 10.2. The van der Waals surface area contributed by atoms with Crippen LogP contribution in [-0.2, 0) is 0 Å². The van der Waals surface area contributed by atoms with Gasteiger partial charge in [0, 0.05) is 10.6 Å². The highest BCUT2D eigenvalue weighted by molar-refractivity contribution is 7.11. The van der Waals surface area contributed by atoms with Crippen LogP contribution in [0.1, 0.15) is 15.6 Å². The highest BCUT2D eigenvalue weighted by Gasteiger charge is 2.08. The molecule has 0 unspecified atom stereocenters. The number of hydrogen-bond donors (Lipinski definition) is 0. The fourth-order valence-electron chi connectivity index (χ4n) is 1.44. The molecule has 2 rings (SSSR count). The molecule has 0 aromatic carbocycles. The van der Waals surface area contributed by atoms with Crippen molar-refractivity contribution in [1.82, 2.24) is 9.97 Å². The third-order valence-electron chi connectivity index (χ3n) is 2.03. The first-order valence-electron chi connectivity index (χ1n) is 4.55. The van der Waals surface area contributed by atoms with Crippen molar-refractivity contribution in [3.05, 3.63) is 33.8 Å². The van der Waals surface area contributed by atoms with Crippen LogP contribution in [0.25, 0.3) is 11.4 Å². The van der Waals surface area contributed by atoms with Gasteiger partial charge in [0.2, 0.25) is 0 Å². The van der Waals surface area contributed by atoms with Crippen LogP contribution in [0.15, 0.2) is 18.2 Å². The largest absolute Gasteiger partial charge is 0.251 e. The Morgan fingerprint density at radius 3 is 2.43 bits per heavy atom. The van der Waals surface area contributed by atoms with Gasteiger partial charge in [-0.1, -0.05) is 6.07 Å². The van der Waals surface area contributed by atoms with Crippen LogP contribution >= 0.6 is 11.3 Å². The van der Waals surface area contributed by atoms with Gasteiger partial charge in [0.05, 0.1) is 10.7 Å². The molecule has 0 N–H and O–H groups in total. The van der Waals surface area contributed by atoms with Gasteiger partial charge in [-0.2, -0.15) is 0 Å². The molecule has 0 saturated heterocycles. The maximum absolute atomic E-state index is 4.48. The molecule has 2 aromatic heterocycles. The summed E-state index contributed by atoms with van der Waals surface area (Å²) in [6, 6.07) is 6.03. The summed E-state index contributed by atoms with van der Waals surface area (Å²) in [7, 11) is 0. The molecule has 0 aliphatic carbocycles. The van der Waals surface area contributed by atoms with E-state index in [1.54, 1.807) is 11.3 Å². The van der Waals surface area contributed by atoms with Crippen LogP contribution in [-0.4, -0.2) is 9.97 Å². The second-order valence-electron chi connectivity index (χ2n) is 3.30. The SMILES string of the molecule is Cc1cccc(-c2nc(C)sc2C)n1. The smallest absolute Gasteiger partial charge is 0.103 e. The van der Waals surface area contributed by atoms with Crippen LogP contribution in [0.2, 0.25) is 0 Å². The summed E-state index contributed by atoms with van der Waals surface area (Å²) in [6.07, 6.45) is 0. The Hall–Kier alpha value is -1.22. The molecule has 0 aliphatic rings. The summed E-state index contributed by atoms with van der Waals surface area (Å²) in [5.74, 6) is 0. The molecule has 2 nitrogen and oxygen atoms in total. The lowest BCUT2D eigenvalue weighted by molar-refractivity contribution is 1.17. The Labute approximate surface area is 87.7 Å². The molecule has 0 aliphatic heterocycles. The van der Waals surface area contributed by atoms with Gasteiger partial charge in [-0.3, -0.25) is 4.98 Å². The maximum Gasteiger partial charge on any atom is 0.103 e. The molecule has 2 aromatic rings. The number of aromatic nitrogens is 2. The van der Waals surface area contributed by atoms with Crippen molar-refractivity contribution < 1.29 is 0 Å². The molecule has 2 heterocycles. The van der Waals surface area contributed by atoms with Gasteiger partial charge in [0.1, 0.15) is 5.69 Å². The first-order valence-corrected chi connectivity index (χ1v) is 5.36. The molecule has 0 spiro atoms. The quantitative estimate of drug-likeness (QED) is 0.713. The van der Waals surface area contributed by atoms with Gasteiger partial charge in [-0.05, 0) is 32.9 Å². The summed E-state index contributed by atoms with van der Waals surface area (Å²) in [5.41, 5.74) is 3.04. The average molecular weight is 204 g/mol. The minimum atomic E-state index is 0.979. The van der Waals surface area contributed by atoms with Crippen molar-refractivity contribution in [3.63, 3.8) is 0 Å². The van der Waals surface area contributed by atoms with E-state index in [-0.39, 0.29) is 0 Å². The normalized spacial score (nSPS) is 10.5. The van der Waals surface area contributed by atoms with Crippen LogP contribution in [0.3, 0.4) is 0 Å². The number of nitrogens with zero attached hydrogens (tertiary/aromatic N) is 2. The van der Waals surface area contributed by atoms with Gasteiger partial charge in [0.15, 0.2) is 0 Å². The van der Waals surface area contributed by atoms with Gasteiger partial charge in [-0.15, -0.1) is 11.3 Å². The van der Waals surface area contributed by atoms with E-state index in [4.69, 9.17) is 0 Å². The van der Waals surface area contributed by atoms with E-state index in [1.807, 2.05) is 32.0 Å². The van der Waals surface area contributed by atoms with Crippen LogP contribution < -0.4 is 0 Å². The monoisotopic (exact) mass is 204 g/mol. The lowest BCUT2D eigenvalue weighted by Crippen LogP contribution is -1.87. The molecule has 0 fully saturated rings. The van der Waals surface area contributed by atoms with Gasteiger partial charge in [-0.25, -0.2) is 4.98 Å². The molecule has 3 heteroatoms. The topological polar surface area (TPSA) is 25.8 Å². The van der Waals surface area contributed by atoms with E-state index in [2.05, 4.69) is 16.9 Å². The fraction of sp³-hybridized carbons (Fsp3) is 0.273. The second kappa shape index (κ2) is 3.50. The highest BCUT2D eigenvalue weighted by atomic mass is 32.1. The molecule has 0 bridgehead atoms. The lowest BCUT2D eigenvalue weighted by atomic mass is 10.2. The highest BCUT2D eigenvalue weighted by Crippen LogP contribution is 2.25. The van der Waals surface area contributed by atoms with Crippen LogP contribution in [0.5, 0.6) is 0 Å². The van der Waals surface area contributed by atoms with Crippen molar-refractivity contribution in [2.75, 3.05) is 0 Å². The molecule has 72 valence electrons. The standard InChI is InChI=1S/C11H12N2S/c1-7-5-4-6-10(12-7)11-8(2)14-9(3)13-11/h4-6H,1-3H3. The van der Waals surface area contributed by atoms with E-state index >= 15 is 0 Å². The second-order valence-corrected chi connectivity index (χ2v) is 4.71. The van der Waals surface area contributed by atoms with Crippen molar-refractivity contribution in [1.29, 1.82) is 0 Å². The van der Waals surface area contributed by atoms with E-state index in [9.17, 15) is 0 Å². The third kappa shape index (κ3) is 1.68. The maximum atomic E-state index is 4.48. The summed E-state index contributed by atoms with van der Waals surface area (Å²) >= 11 is 1.72. The van der Waals surface area contributed by atoms with Crippen molar-refractivity contribution in [2.24, 2.45) is 0 Å². The van der Waals surface area contributed by atoms with E-state index in [0.717, 1.165) is 22.1 Å². The first-order chi connectivity index (χ1) is 6.66. The van der Waals surface area contributed by atoms with E-state index < -0.39 is 0 Å². The lowest BCUT2D eigenvalue weighted by Gasteiger charge is -1.98. The summed E-state index contributed by atoms with van der Waals surface area (Å²) < 4.78 is 0. The van der Waals surface area contributed by atoms with E-state index in [1.165, 1.54) is 4.88 Å². The molecule has 0 atom stereocenters.